The summed E-state index contributed by atoms with van der Waals surface area (Å²) in [5.41, 5.74) is 0. The number of carbonyl (C=O) groups excluding carboxylic acids is 1. The van der Waals surface area contributed by atoms with Crippen molar-refractivity contribution < 1.29 is 4.79 Å². The fourth-order valence-corrected chi connectivity index (χ4v) is 0.463. The molecule has 0 aromatic heterocycles. The normalized spacial score (nSPS) is 18.8. The van der Waals surface area contributed by atoms with Gasteiger partial charge < -0.3 is 0 Å². The summed E-state index contributed by atoms with van der Waals surface area (Å²) in [5.74, 6) is 0.176. The second kappa shape index (κ2) is 2.35. The Morgan fingerprint density at radius 3 is 2.25 bits per heavy atom. The van der Waals surface area contributed by atoms with Gasteiger partial charge in [0, 0.05) is 25.3 Å². The van der Waals surface area contributed by atoms with E-state index in [1.165, 1.54) is 12.4 Å². The number of nitrogens with zero attached hydrogens (tertiary/aromatic N) is 2. The number of rotatable bonds is 0. The first-order valence-electron chi connectivity index (χ1n) is 2.44. The molecule has 8 heavy (non-hydrogen) atoms. The van der Waals surface area contributed by atoms with Crippen LogP contribution in [-0.2, 0) is 4.79 Å². The topological polar surface area (TPSA) is 41.8 Å². The average molecular weight is 110 g/mol. The molecule has 1 rings (SSSR count). The minimum Gasteiger partial charge on any atom is -0.299 e. The summed E-state index contributed by atoms with van der Waals surface area (Å²) in [6.45, 7) is 0. The molecule has 0 aromatic rings. The molecule has 0 amide bonds. The quantitative estimate of drug-likeness (QED) is 0.445. The Kier molecular flexibility index (Phi) is 1.51. The van der Waals surface area contributed by atoms with Gasteiger partial charge in [0.05, 0.1) is 0 Å². The lowest BCUT2D eigenvalue weighted by Crippen LogP contribution is -1.95. The van der Waals surface area contributed by atoms with Crippen LogP contribution in [0, 0.1) is 0 Å². The summed E-state index contributed by atoms with van der Waals surface area (Å²) in [5, 5.41) is 7.09. The van der Waals surface area contributed by atoms with Crippen molar-refractivity contribution in [2.45, 2.75) is 12.8 Å². The molecule has 0 bridgehead atoms. The minimum absolute atomic E-state index is 0.176. The molecule has 0 fully saturated rings. The molecule has 0 aliphatic carbocycles. The third kappa shape index (κ3) is 1.26. The van der Waals surface area contributed by atoms with E-state index < -0.39 is 0 Å². The van der Waals surface area contributed by atoms with Gasteiger partial charge in [0.1, 0.15) is 5.78 Å². The van der Waals surface area contributed by atoms with E-state index in [2.05, 4.69) is 10.2 Å². The molecule has 0 saturated carbocycles. The maximum absolute atomic E-state index is 10.5. The van der Waals surface area contributed by atoms with E-state index >= 15 is 0 Å². The van der Waals surface area contributed by atoms with Gasteiger partial charge in [0.25, 0.3) is 0 Å². The Morgan fingerprint density at radius 1 is 1.25 bits per heavy atom. The second-order valence-corrected chi connectivity index (χ2v) is 1.54. The molecule has 0 unspecified atom stereocenters. The molecule has 3 nitrogen and oxygen atoms in total. The maximum Gasteiger partial charge on any atom is 0.143 e. The lowest BCUT2D eigenvalue weighted by molar-refractivity contribution is -0.116. The first kappa shape index (κ1) is 5.15. The predicted octanol–water partition coefficient (Wildman–Crippen LogP) is 0.406. The van der Waals surface area contributed by atoms with E-state index in [4.69, 9.17) is 0 Å². The lowest BCUT2D eigenvalue weighted by Gasteiger charge is -1.80. The molecule has 1 heterocycles. The van der Waals surface area contributed by atoms with Gasteiger partial charge in [-0.15, -0.1) is 0 Å². The fourth-order valence-electron chi connectivity index (χ4n) is 0.463. The van der Waals surface area contributed by atoms with Gasteiger partial charge in [-0.25, -0.2) is 0 Å². The highest BCUT2D eigenvalue weighted by Gasteiger charge is 1.97. The van der Waals surface area contributed by atoms with Crippen LogP contribution < -0.4 is 0 Å². The van der Waals surface area contributed by atoms with Crippen LogP contribution in [0.1, 0.15) is 12.8 Å². The SMILES string of the molecule is O=C1CC=NN=CC1. The molecule has 42 valence electrons. The smallest absolute Gasteiger partial charge is 0.143 e. The van der Waals surface area contributed by atoms with Crippen LogP contribution in [0.15, 0.2) is 10.2 Å². The number of ketones is 1. The standard InChI is InChI=1S/C5H6N2O/c8-5-1-3-6-7-4-2-5/h3-4H,1-2H2. The van der Waals surface area contributed by atoms with Gasteiger partial charge in [-0.2, -0.15) is 10.2 Å². The summed E-state index contributed by atoms with van der Waals surface area (Å²) in [6, 6.07) is 0. The molecular weight excluding hydrogens is 104 g/mol. The summed E-state index contributed by atoms with van der Waals surface area (Å²) in [4.78, 5) is 10.5. The lowest BCUT2D eigenvalue weighted by atomic mass is 10.2. The van der Waals surface area contributed by atoms with E-state index in [1.807, 2.05) is 0 Å². The van der Waals surface area contributed by atoms with Crippen molar-refractivity contribution in [3.8, 4) is 0 Å². The van der Waals surface area contributed by atoms with Crippen molar-refractivity contribution in [1.29, 1.82) is 0 Å². The maximum atomic E-state index is 10.5. The number of carbonyl (C=O) groups is 1. The monoisotopic (exact) mass is 110 g/mol. The summed E-state index contributed by atoms with van der Waals surface area (Å²) < 4.78 is 0. The average Bonchev–Trinajstić information content (AvgIpc) is 1.94. The van der Waals surface area contributed by atoms with Gasteiger partial charge in [0.2, 0.25) is 0 Å². The Bertz CT molecular complexity index is 133. The largest absolute Gasteiger partial charge is 0.299 e. The molecule has 0 spiro atoms. The van der Waals surface area contributed by atoms with Crippen molar-refractivity contribution in [2.75, 3.05) is 0 Å². The number of hydrogen-bond donors (Lipinski definition) is 0. The van der Waals surface area contributed by atoms with Crippen molar-refractivity contribution in [3.63, 3.8) is 0 Å². The van der Waals surface area contributed by atoms with E-state index in [1.54, 1.807) is 0 Å². The molecule has 0 aromatic carbocycles. The highest BCUT2D eigenvalue weighted by Crippen LogP contribution is 1.89. The van der Waals surface area contributed by atoms with Crippen LogP contribution in [-0.4, -0.2) is 18.2 Å². The predicted molar refractivity (Wildman–Crippen MR) is 31.2 cm³/mol. The Labute approximate surface area is 47.1 Å². The van der Waals surface area contributed by atoms with E-state index in [-0.39, 0.29) is 5.78 Å². The van der Waals surface area contributed by atoms with Gasteiger partial charge in [-0.3, -0.25) is 4.79 Å². The zero-order valence-electron chi connectivity index (χ0n) is 4.37. The van der Waals surface area contributed by atoms with E-state index in [0.717, 1.165) is 0 Å². The van der Waals surface area contributed by atoms with Gasteiger partial charge >= 0.3 is 0 Å². The highest BCUT2D eigenvalue weighted by atomic mass is 16.1. The molecule has 0 N–H and O–H groups in total. The van der Waals surface area contributed by atoms with Gasteiger partial charge in [-0.1, -0.05) is 0 Å². The van der Waals surface area contributed by atoms with Crippen molar-refractivity contribution in [2.24, 2.45) is 10.2 Å². The first-order chi connectivity index (χ1) is 3.89. The van der Waals surface area contributed by atoms with Crippen LogP contribution in [0.3, 0.4) is 0 Å². The first-order valence-corrected chi connectivity index (χ1v) is 2.44. The Hall–Kier alpha value is -0.990. The summed E-state index contributed by atoms with van der Waals surface area (Å²) in [7, 11) is 0. The van der Waals surface area contributed by atoms with Crippen molar-refractivity contribution >= 4 is 18.2 Å². The molecule has 0 atom stereocenters. The van der Waals surface area contributed by atoms with E-state index in [0.29, 0.717) is 12.8 Å². The number of Topliss-reactive ketones (excluding diaryl/α,β-unsaturated/α-hetero) is 1. The van der Waals surface area contributed by atoms with Crippen LogP contribution in [0.25, 0.3) is 0 Å². The molecule has 0 saturated heterocycles. The molecule has 1 aliphatic heterocycles. The second-order valence-electron chi connectivity index (χ2n) is 1.54. The van der Waals surface area contributed by atoms with Gasteiger partial charge in [0.15, 0.2) is 0 Å². The van der Waals surface area contributed by atoms with Crippen LogP contribution >= 0.6 is 0 Å². The van der Waals surface area contributed by atoms with E-state index in [9.17, 15) is 4.79 Å². The van der Waals surface area contributed by atoms with Crippen LogP contribution in [0.2, 0.25) is 0 Å². The van der Waals surface area contributed by atoms with Crippen molar-refractivity contribution in [1.82, 2.24) is 0 Å². The van der Waals surface area contributed by atoms with Crippen LogP contribution in [0.4, 0.5) is 0 Å². The third-order valence-corrected chi connectivity index (χ3v) is 0.868. The van der Waals surface area contributed by atoms with Crippen LogP contribution in [0.5, 0.6) is 0 Å². The minimum atomic E-state index is 0.176. The Balaban J connectivity index is 2.58. The number of hydrogen-bond acceptors (Lipinski definition) is 3. The highest BCUT2D eigenvalue weighted by molar-refractivity contribution is 5.99. The molecule has 3 heteroatoms. The summed E-state index contributed by atoms with van der Waals surface area (Å²) >= 11 is 0. The molecule has 0 radical (unpaired) electrons. The Morgan fingerprint density at radius 2 is 1.75 bits per heavy atom. The molecule has 1 aliphatic rings. The van der Waals surface area contributed by atoms with Gasteiger partial charge in [-0.05, 0) is 0 Å². The summed E-state index contributed by atoms with van der Waals surface area (Å²) in [6.07, 6.45) is 3.90. The van der Waals surface area contributed by atoms with Crippen molar-refractivity contribution in [3.05, 3.63) is 0 Å². The third-order valence-electron chi connectivity index (χ3n) is 0.868. The zero-order chi connectivity index (χ0) is 5.82. The zero-order valence-corrected chi connectivity index (χ0v) is 4.37. The fraction of sp³-hybridized carbons (Fsp3) is 0.400. The molecular formula is C5H6N2O.